The van der Waals surface area contributed by atoms with E-state index >= 15 is 0 Å². The van der Waals surface area contributed by atoms with Crippen LogP contribution in [0.2, 0.25) is 5.02 Å². The van der Waals surface area contributed by atoms with Crippen molar-refractivity contribution in [2.45, 2.75) is 13.3 Å². The first kappa shape index (κ1) is 14.5. The lowest BCUT2D eigenvalue weighted by atomic mass is 10.2. The molecule has 0 unspecified atom stereocenters. The van der Waals surface area contributed by atoms with E-state index in [0.29, 0.717) is 18.2 Å². The average molecular weight is 292 g/mol. The SMILES string of the molecule is Cc1ccc(Cl)cc1OCCCOc1ccc(N)cc1. The number of hydrogen-bond acceptors (Lipinski definition) is 3. The fraction of sp³-hybridized carbons (Fsp3) is 0.250. The van der Waals surface area contributed by atoms with Gasteiger partial charge >= 0.3 is 0 Å². The molecule has 0 fully saturated rings. The summed E-state index contributed by atoms with van der Waals surface area (Å²) in [5.41, 5.74) is 7.42. The standard InChI is InChI=1S/C16H18ClNO2/c1-12-3-4-13(17)11-16(12)20-10-2-9-19-15-7-5-14(18)6-8-15/h3-8,11H,2,9-10,18H2,1H3. The van der Waals surface area contributed by atoms with Crippen LogP contribution in [0, 0.1) is 6.92 Å². The van der Waals surface area contributed by atoms with Gasteiger partial charge < -0.3 is 15.2 Å². The van der Waals surface area contributed by atoms with Crippen LogP contribution >= 0.6 is 11.6 Å². The van der Waals surface area contributed by atoms with E-state index in [0.717, 1.165) is 29.2 Å². The summed E-state index contributed by atoms with van der Waals surface area (Å²) in [5.74, 6) is 1.64. The molecule has 3 nitrogen and oxygen atoms in total. The second kappa shape index (κ2) is 7.06. The number of anilines is 1. The van der Waals surface area contributed by atoms with E-state index in [1.807, 2.05) is 49.4 Å². The Bertz CT molecular complexity index is 555. The first-order valence-electron chi connectivity index (χ1n) is 6.52. The van der Waals surface area contributed by atoms with Crippen LogP contribution in [-0.2, 0) is 0 Å². The van der Waals surface area contributed by atoms with Crippen molar-refractivity contribution in [1.29, 1.82) is 0 Å². The van der Waals surface area contributed by atoms with Gasteiger partial charge in [-0.2, -0.15) is 0 Å². The number of ether oxygens (including phenoxy) is 2. The van der Waals surface area contributed by atoms with Crippen LogP contribution in [0.5, 0.6) is 11.5 Å². The molecule has 0 heterocycles. The molecule has 0 atom stereocenters. The Balaban J connectivity index is 1.71. The molecule has 0 aliphatic heterocycles. The highest BCUT2D eigenvalue weighted by Gasteiger charge is 2.00. The zero-order valence-electron chi connectivity index (χ0n) is 11.4. The number of halogens is 1. The van der Waals surface area contributed by atoms with Crippen molar-refractivity contribution in [2.75, 3.05) is 18.9 Å². The molecule has 0 saturated carbocycles. The van der Waals surface area contributed by atoms with Crippen molar-refractivity contribution in [3.8, 4) is 11.5 Å². The van der Waals surface area contributed by atoms with E-state index in [2.05, 4.69) is 0 Å². The summed E-state index contributed by atoms with van der Waals surface area (Å²) >= 11 is 5.93. The summed E-state index contributed by atoms with van der Waals surface area (Å²) in [7, 11) is 0. The van der Waals surface area contributed by atoms with E-state index in [1.165, 1.54) is 0 Å². The Kier molecular flexibility index (Phi) is 5.13. The van der Waals surface area contributed by atoms with Crippen LogP contribution in [0.4, 0.5) is 5.69 Å². The molecule has 0 aliphatic carbocycles. The Morgan fingerprint density at radius 3 is 2.45 bits per heavy atom. The zero-order chi connectivity index (χ0) is 14.4. The third-order valence-electron chi connectivity index (χ3n) is 2.85. The lowest BCUT2D eigenvalue weighted by Gasteiger charge is -2.10. The lowest BCUT2D eigenvalue weighted by Crippen LogP contribution is -2.05. The van der Waals surface area contributed by atoms with E-state index < -0.39 is 0 Å². The van der Waals surface area contributed by atoms with Gasteiger partial charge in [0, 0.05) is 17.1 Å². The normalized spacial score (nSPS) is 10.3. The summed E-state index contributed by atoms with van der Waals surface area (Å²) in [6.45, 7) is 3.19. The van der Waals surface area contributed by atoms with Gasteiger partial charge in [-0.3, -0.25) is 0 Å². The van der Waals surface area contributed by atoms with Crippen LogP contribution in [-0.4, -0.2) is 13.2 Å². The molecule has 20 heavy (non-hydrogen) atoms. The van der Waals surface area contributed by atoms with E-state index in [1.54, 1.807) is 0 Å². The number of rotatable bonds is 6. The largest absolute Gasteiger partial charge is 0.493 e. The number of aryl methyl sites for hydroxylation is 1. The second-order valence-electron chi connectivity index (χ2n) is 4.53. The first-order valence-corrected chi connectivity index (χ1v) is 6.90. The summed E-state index contributed by atoms with van der Waals surface area (Å²) < 4.78 is 11.3. The molecule has 2 N–H and O–H groups in total. The maximum Gasteiger partial charge on any atom is 0.123 e. The molecule has 2 rings (SSSR count). The molecular weight excluding hydrogens is 274 g/mol. The van der Waals surface area contributed by atoms with Crippen molar-refractivity contribution in [2.24, 2.45) is 0 Å². The Morgan fingerprint density at radius 2 is 1.70 bits per heavy atom. The highest BCUT2D eigenvalue weighted by Crippen LogP contribution is 2.22. The zero-order valence-corrected chi connectivity index (χ0v) is 12.2. The third-order valence-corrected chi connectivity index (χ3v) is 3.08. The molecule has 0 saturated heterocycles. The maximum absolute atomic E-state index is 5.93. The van der Waals surface area contributed by atoms with Crippen LogP contribution in [0.1, 0.15) is 12.0 Å². The van der Waals surface area contributed by atoms with Crippen molar-refractivity contribution in [3.05, 3.63) is 53.1 Å². The highest BCUT2D eigenvalue weighted by atomic mass is 35.5. The van der Waals surface area contributed by atoms with Gasteiger partial charge in [-0.05, 0) is 48.9 Å². The third kappa shape index (κ3) is 4.35. The minimum Gasteiger partial charge on any atom is -0.493 e. The number of nitrogens with two attached hydrogens (primary N) is 1. The van der Waals surface area contributed by atoms with Gasteiger partial charge in [0.25, 0.3) is 0 Å². The molecular formula is C16H18ClNO2. The molecule has 0 bridgehead atoms. The summed E-state index contributed by atoms with van der Waals surface area (Å²) in [5, 5.41) is 0.684. The van der Waals surface area contributed by atoms with Gasteiger partial charge in [0.05, 0.1) is 13.2 Å². The van der Waals surface area contributed by atoms with Crippen LogP contribution in [0.3, 0.4) is 0 Å². The monoisotopic (exact) mass is 291 g/mol. The second-order valence-corrected chi connectivity index (χ2v) is 4.97. The van der Waals surface area contributed by atoms with Crippen LogP contribution in [0.25, 0.3) is 0 Å². The molecule has 0 amide bonds. The predicted octanol–water partition coefficient (Wildman–Crippen LogP) is 4.08. The smallest absolute Gasteiger partial charge is 0.123 e. The minimum atomic E-state index is 0.593. The van der Waals surface area contributed by atoms with Crippen LogP contribution < -0.4 is 15.2 Å². The van der Waals surface area contributed by atoms with Crippen molar-refractivity contribution in [3.63, 3.8) is 0 Å². The first-order chi connectivity index (χ1) is 9.65. The Morgan fingerprint density at radius 1 is 1.00 bits per heavy atom. The maximum atomic E-state index is 5.93. The molecule has 2 aromatic carbocycles. The summed E-state index contributed by atoms with van der Waals surface area (Å²) in [6, 6.07) is 13.0. The molecule has 2 aromatic rings. The lowest BCUT2D eigenvalue weighted by molar-refractivity contribution is 0.246. The molecule has 4 heteroatoms. The van der Waals surface area contributed by atoms with E-state index in [-0.39, 0.29) is 0 Å². The van der Waals surface area contributed by atoms with Gasteiger partial charge in [-0.1, -0.05) is 17.7 Å². The van der Waals surface area contributed by atoms with E-state index in [9.17, 15) is 0 Å². The topological polar surface area (TPSA) is 44.5 Å². The van der Waals surface area contributed by atoms with Crippen molar-refractivity contribution in [1.82, 2.24) is 0 Å². The fourth-order valence-corrected chi connectivity index (χ4v) is 1.89. The Hall–Kier alpha value is -1.87. The summed E-state index contributed by atoms with van der Waals surface area (Å²) in [6.07, 6.45) is 0.802. The molecule has 0 aromatic heterocycles. The van der Waals surface area contributed by atoms with Gasteiger partial charge in [0.2, 0.25) is 0 Å². The highest BCUT2D eigenvalue weighted by molar-refractivity contribution is 6.30. The molecule has 106 valence electrons. The number of nitrogen functional groups attached to an aromatic ring is 1. The quantitative estimate of drug-likeness (QED) is 0.644. The van der Waals surface area contributed by atoms with Gasteiger partial charge in [-0.15, -0.1) is 0 Å². The van der Waals surface area contributed by atoms with Gasteiger partial charge in [0.1, 0.15) is 11.5 Å². The summed E-state index contributed by atoms with van der Waals surface area (Å²) in [4.78, 5) is 0. The molecule has 0 aliphatic rings. The number of benzene rings is 2. The van der Waals surface area contributed by atoms with Gasteiger partial charge in [0.15, 0.2) is 0 Å². The minimum absolute atomic E-state index is 0.593. The van der Waals surface area contributed by atoms with Gasteiger partial charge in [-0.25, -0.2) is 0 Å². The van der Waals surface area contributed by atoms with E-state index in [4.69, 9.17) is 26.8 Å². The predicted molar refractivity (Wildman–Crippen MR) is 82.7 cm³/mol. The van der Waals surface area contributed by atoms with Crippen molar-refractivity contribution >= 4 is 17.3 Å². The molecule has 0 spiro atoms. The Labute approximate surface area is 124 Å². The van der Waals surface area contributed by atoms with Crippen molar-refractivity contribution < 1.29 is 9.47 Å². The molecule has 0 radical (unpaired) electrons. The number of hydrogen-bond donors (Lipinski definition) is 1. The average Bonchev–Trinajstić information content (AvgIpc) is 2.44. The van der Waals surface area contributed by atoms with Crippen LogP contribution in [0.15, 0.2) is 42.5 Å². The fourth-order valence-electron chi connectivity index (χ4n) is 1.72.